The van der Waals surface area contributed by atoms with Gasteiger partial charge in [-0.1, -0.05) is 224 Å². The van der Waals surface area contributed by atoms with E-state index >= 15 is 0 Å². The number of hydrogen-bond donors (Lipinski definition) is 1. The van der Waals surface area contributed by atoms with E-state index in [2.05, 4.69) is 259 Å². The molecule has 3 nitrogen and oxygen atoms in total. The van der Waals surface area contributed by atoms with Crippen LogP contribution in [0.3, 0.4) is 0 Å². The zero-order valence-electron chi connectivity index (χ0n) is 36.6. The standard InChI is InChI=1S/C64H43N3/c1-3-19-42(20-4-1)45-24-9-14-30-53(45)58-41-59(54-31-15-10-25-46(54)43-21-5-2-6-22-43)66-64(65-58)56-37-36-51(48-27-11-12-29-50(48)56)52-38-40-61(55-32-16-13-28-49(52)55)67-60-34-18-17-33-57(60)63-47-26-8-7-23-44(47)35-39-62(63)67/h1-41,58H,(H,65,66). The van der Waals surface area contributed by atoms with Crippen LogP contribution in [0.25, 0.3) is 98.9 Å². The molecule has 11 aromatic carbocycles. The van der Waals surface area contributed by atoms with Crippen molar-refractivity contribution in [2.45, 2.75) is 6.04 Å². The molecule has 0 saturated heterocycles. The molecule has 0 amide bonds. The Kier molecular flexibility index (Phi) is 9.24. The van der Waals surface area contributed by atoms with Gasteiger partial charge in [-0.25, -0.2) is 4.99 Å². The minimum Gasteiger partial charge on any atom is -0.359 e. The van der Waals surface area contributed by atoms with E-state index in [9.17, 15) is 0 Å². The third-order valence-corrected chi connectivity index (χ3v) is 13.7. The normalized spacial score (nSPS) is 13.8. The van der Waals surface area contributed by atoms with Crippen LogP contribution in [0.15, 0.2) is 254 Å². The number of aromatic nitrogens is 1. The molecule has 1 N–H and O–H groups in total. The summed E-state index contributed by atoms with van der Waals surface area (Å²) in [6, 6.07) is 87.6. The molecule has 1 aliphatic rings. The summed E-state index contributed by atoms with van der Waals surface area (Å²) in [4.78, 5) is 5.56. The molecule has 314 valence electrons. The lowest BCUT2D eigenvalue weighted by molar-refractivity contribution is 0.783. The van der Waals surface area contributed by atoms with Gasteiger partial charge in [0.1, 0.15) is 5.84 Å². The fourth-order valence-electron chi connectivity index (χ4n) is 10.7. The Morgan fingerprint density at radius 2 is 0.866 bits per heavy atom. The molecule has 0 fully saturated rings. The maximum absolute atomic E-state index is 5.56. The van der Waals surface area contributed by atoms with Crippen LogP contribution in [0, 0.1) is 0 Å². The highest BCUT2D eigenvalue weighted by Crippen LogP contribution is 2.43. The lowest BCUT2D eigenvalue weighted by Crippen LogP contribution is -2.31. The predicted octanol–water partition coefficient (Wildman–Crippen LogP) is 16.4. The summed E-state index contributed by atoms with van der Waals surface area (Å²) >= 11 is 0. The van der Waals surface area contributed by atoms with Gasteiger partial charge < -0.3 is 9.88 Å². The number of rotatable bonds is 7. The first kappa shape index (κ1) is 38.6. The van der Waals surface area contributed by atoms with E-state index in [1.54, 1.807) is 0 Å². The minimum atomic E-state index is -0.156. The summed E-state index contributed by atoms with van der Waals surface area (Å²) in [7, 11) is 0. The van der Waals surface area contributed by atoms with Crippen molar-refractivity contribution in [2.75, 3.05) is 0 Å². The Balaban J connectivity index is 0.982. The lowest BCUT2D eigenvalue weighted by atomic mass is 9.89. The Labute approximate surface area is 389 Å². The fourth-order valence-corrected chi connectivity index (χ4v) is 10.7. The van der Waals surface area contributed by atoms with Crippen LogP contribution in [0.2, 0.25) is 0 Å². The van der Waals surface area contributed by atoms with E-state index in [1.807, 2.05) is 0 Å². The Morgan fingerprint density at radius 1 is 0.343 bits per heavy atom. The molecule has 67 heavy (non-hydrogen) atoms. The van der Waals surface area contributed by atoms with Gasteiger partial charge in [0.25, 0.3) is 0 Å². The van der Waals surface area contributed by atoms with Crippen LogP contribution in [0.1, 0.15) is 22.7 Å². The van der Waals surface area contributed by atoms with Crippen molar-refractivity contribution in [3.8, 4) is 39.1 Å². The van der Waals surface area contributed by atoms with Gasteiger partial charge in [-0.05, 0) is 90.2 Å². The molecule has 0 spiro atoms. The molecular weight excluding hydrogens is 811 g/mol. The van der Waals surface area contributed by atoms with Gasteiger partial charge in [0.05, 0.1) is 28.5 Å². The third-order valence-electron chi connectivity index (χ3n) is 13.7. The lowest BCUT2D eigenvalue weighted by Gasteiger charge is -2.27. The van der Waals surface area contributed by atoms with E-state index < -0.39 is 0 Å². The largest absolute Gasteiger partial charge is 0.359 e. The van der Waals surface area contributed by atoms with Crippen molar-refractivity contribution in [3.05, 3.63) is 265 Å². The molecule has 1 unspecified atom stereocenters. The number of benzene rings is 11. The van der Waals surface area contributed by atoms with Crippen LogP contribution in [0.4, 0.5) is 0 Å². The summed E-state index contributed by atoms with van der Waals surface area (Å²) in [5, 5.41) is 13.8. The average molecular weight is 854 g/mol. The van der Waals surface area contributed by atoms with E-state index in [1.165, 1.54) is 82.2 Å². The van der Waals surface area contributed by atoms with Gasteiger partial charge in [-0.3, -0.25) is 0 Å². The number of nitrogens with one attached hydrogen (secondary N) is 1. The van der Waals surface area contributed by atoms with E-state index in [4.69, 9.17) is 4.99 Å². The molecule has 3 heteroatoms. The second-order valence-electron chi connectivity index (χ2n) is 17.4. The van der Waals surface area contributed by atoms with Gasteiger partial charge in [-0.2, -0.15) is 0 Å². The van der Waals surface area contributed by atoms with Crippen molar-refractivity contribution < 1.29 is 0 Å². The SMILES string of the molecule is C1=C(c2ccccc2-c2ccccc2)N=C(c2ccc(-c3ccc(-n4c5ccccc5c5c6ccccc6ccc54)c4ccccc34)c3ccccc23)NC1c1ccccc1-c1ccccc1. The van der Waals surface area contributed by atoms with E-state index in [0.717, 1.165) is 39.2 Å². The first-order valence-electron chi connectivity index (χ1n) is 23.1. The predicted molar refractivity (Wildman–Crippen MR) is 283 cm³/mol. The number of fused-ring (bicyclic) bond motifs is 7. The first-order valence-corrected chi connectivity index (χ1v) is 23.1. The molecule has 12 aromatic rings. The number of amidine groups is 1. The van der Waals surface area contributed by atoms with Crippen LogP contribution in [-0.2, 0) is 0 Å². The van der Waals surface area contributed by atoms with Gasteiger partial charge in [0.2, 0.25) is 0 Å². The first-order chi connectivity index (χ1) is 33.3. The molecule has 2 heterocycles. The van der Waals surface area contributed by atoms with Crippen LogP contribution in [-0.4, -0.2) is 10.4 Å². The molecular formula is C64H43N3. The average Bonchev–Trinajstić information content (AvgIpc) is 3.75. The molecule has 1 aromatic heterocycles. The van der Waals surface area contributed by atoms with Gasteiger partial charge in [-0.15, -0.1) is 0 Å². The van der Waals surface area contributed by atoms with E-state index in [0.29, 0.717) is 0 Å². The number of para-hydroxylation sites is 1. The molecule has 0 radical (unpaired) electrons. The Bertz CT molecular complexity index is 3950. The summed E-state index contributed by atoms with van der Waals surface area (Å²) in [6.07, 6.45) is 2.30. The number of aliphatic imine (C=N–C) groups is 1. The van der Waals surface area contributed by atoms with Gasteiger partial charge >= 0.3 is 0 Å². The second-order valence-corrected chi connectivity index (χ2v) is 17.4. The Morgan fingerprint density at radius 3 is 1.61 bits per heavy atom. The van der Waals surface area contributed by atoms with Crippen molar-refractivity contribution in [2.24, 2.45) is 4.99 Å². The quantitative estimate of drug-likeness (QED) is 0.170. The van der Waals surface area contributed by atoms with Crippen LogP contribution in [0.5, 0.6) is 0 Å². The smallest absolute Gasteiger partial charge is 0.135 e. The highest BCUT2D eigenvalue weighted by Gasteiger charge is 2.25. The summed E-state index contributed by atoms with van der Waals surface area (Å²) in [6.45, 7) is 0. The molecule has 0 bridgehead atoms. The van der Waals surface area contributed by atoms with Crippen molar-refractivity contribution in [1.82, 2.24) is 9.88 Å². The van der Waals surface area contributed by atoms with E-state index in [-0.39, 0.29) is 6.04 Å². The highest BCUT2D eigenvalue weighted by atomic mass is 15.1. The molecule has 1 atom stereocenters. The van der Waals surface area contributed by atoms with Gasteiger partial charge in [0.15, 0.2) is 0 Å². The van der Waals surface area contributed by atoms with Crippen LogP contribution < -0.4 is 5.32 Å². The Hall–Kier alpha value is -8.79. The molecule has 13 rings (SSSR count). The third kappa shape index (κ3) is 6.47. The zero-order valence-corrected chi connectivity index (χ0v) is 36.6. The second kappa shape index (κ2) is 16.0. The summed E-state index contributed by atoms with van der Waals surface area (Å²) < 4.78 is 2.46. The summed E-state index contributed by atoms with van der Waals surface area (Å²) in [5.74, 6) is 0.843. The molecule has 0 aliphatic carbocycles. The van der Waals surface area contributed by atoms with Crippen molar-refractivity contribution >= 4 is 65.7 Å². The number of nitrogens with zero attached hydrogens (tertiary/aromatic N) is 2. The highest BCUT2D eigenvalue weighted by molar-refractivity contribution is 6.22. The van der Waals surface area contributed by atoms with Gasteiger partial charge in [0, 0.05) is 27.3 Å². The zero-order chi connectivity index (χ0) is 44.3. The van der Waals surface area contributed by atoms with Crippen LogP contribution >= 0.6 is 0 Å². The van der Waals surface area contributed by atoms with Crippen molar-refractivity contribution in [1.29, 1.82) is 0 Å². The molecule has 1 aliphatic heterocycles. The topological polar surface area (TPSA) is 29.3 Å². The monoisotopic (exact) mass is 853 g/mol. The fraction of sp³-hybridized carbons (Fsp3) is 0.0156. The maximum atomic E-state index is 5.56. The van der Waals surface area contributed by atoms with Crippen molar-refractivity contribution in [3.63, 3.8) is 0 Å². The summed E-state index contributed by atoms with van der Waals surface area (Å²) in [5.41, 5.74) is 14.9. The maximum Gasteiger partial charge on any atom is 0.135 e. The number of hydrogen-bond acceptors (Lipinski definition) is 2. The molecule has 0 saturated carbocycles. The minimum absolute atomic E-state index is 0.156.